The van der Waals surface area contributed by atoms with Crippen LogP contribution in [-0.4, -0.2) is 47.9 Å². The Labute approximate surface area is 157 Å². The molecule has 138 valence electrons. The van der Waals surface area contributed by atoms with Crippen LogP contribution in [0.25, 0.3) is 0 Å². The number of rotatable bonds is 4. The first-order chi connectivity index (χ1) is 12.6. The molecule has 0 bridgehead atoms. The van der Waals surface area contributed by atoms with Crippen LogP contribution >= 0.6 is 11.8 Å². The number of aliphatic imine (C=N–C) groups is 1. The van der Waals surface area contributed by atoms with Gasteiger partial charge in [0.2, 0.25) is 0 Å². The zero-order chi connectivity index (χ0) is 18.9. The Kier molecular flexibility index (Phi) is 7.48. The van der Waals surface area contributed by atoms with E-state index in [2.05, 4.69) is 10.3 Å². The Morgan fingerprint density at radius 1 is 1.46 bits per heavy atom. The molecule has 1 aliphatic heterocycles. The number of nitriles is 1. The van der Waals surface area contributed by atoms with Gasteiger partial charge in [0.1, 0.15) is 0 Å². The lowest BCUT2D eigenvalue weighted by Crippen LogP contribution is -2.42. The summed E-state index contributed by atoms with van der Waals surface area (Å²) in [5.41, 5.74) is 0.936. The average Bonchev–Trinajstić information content (AvgIpc) is 2.67. The lowest BCUT2D eigenvalue weighted by Gasteiger charge is -2.31. The zero-order valence-corrected chi connectivity index (χ0v) is 15.7. The topological polar surface area (TPSA) is 94.8 Å². The smallest absolute Gasteiger partial charge is 0.310 e. The van der Waals surface area contributed by atoms with E-state index >= 15 is 0 Å². The summed E-state index contributed by atoms with van der Waals surface area (Å²) in [7, 11) is 0. The summed E-state index contributed by atoms with van der Waals surface area (Å²) in [6.45, 7) is 3.06. The van der Waals surface area contributed by atoms with Crippen molar-refractivity contribution in [3.05, 3.63) is 29.8 Å². The van der Waals surface area contributed by atoms with E-state index in [1.807, 2.05) is 6.19 Å². The Bertz CT molecular complexity index is 729. The molecule has 0 saturated carbocycles. The number of likely N-dealkylation sites (tertiary alicyclic amines) is 1. The molecule has 1 aromatic carbocycles. The van der Waals surface area contributed by atoms with Gasteiger partial charge in [-0.1, -0.05) is 23.9 Å². The average molecular weight is 374 g/mol. The molecule has 1 N–H and O–H groups in total. The maximum atomic E-state index is 13.0. The number of ether oxygens (including phenoxy) is 1. The number of esters is 1. The Hall–Kier alpha value is -2.53. The van der Waals surface area contributed by atoms with Crippen LogP contribution in [-0.2, 0) is 9.53 Å². The van der Waals surface area contributed by atoms with Crippen LogP contribution in [0.3, 0.4) is 0 Å². The van der Waals surface area contributed by atoms with Crippen molar-refractivity contribution in [1.82, 2.24) is 10.2 Å². The van der Waals surface area contributed by atoms with Crippen molar-refractivity contribution in [2.75, 3.05) is 26.0 Å². The molecule has 1 heterocycles. The monoisotopic (exact) mass is 374 g/mol. The normalized spacial score (nSPS) is 17.3. The number of nitrogens with one attached hydrogen (secondary N) is 1. The van der Waals surface area contributed by atoms with E-state index in [4.69, 9.17) is 10.00 Å². The molecule has 1 aromatic rings. The van der Waals surface area contributed by atoms with Crippen molar-refractivity contribution < 1.29 is 14.3 Å². The summed E-state index contributed by atoms with van der Waals surface area (Å²) >= 11 is 1.29. The third-order valence-corrected chi connectivity index (χ3v) is 4.62. The highest BCUT2D eigenvalue weighted by molar-refractivity contribution is 8.13. The Balaban J connectivity index is 2.22. The fraction of sp³-hybridized carbons (Fsp3) is 0.444. The molecular weight excluding hydrogens is 352 g/mol. The minimum absolute atomic E-state index is 0.171. The number of hydrogen-bond donors (Lipinski definition) is 1. The predicted molar refractivity (Wildman–Crippen MR) is 101 cm³/mol. The SMILES string of the molecule is CCOC(=O)C1CCCN(C(=O)c2ccccc2N=C(NC#N)SC)C1. The van der Waals surface area contributed by atoms with Crippen LogP contribution < -0.4 is 5.32 Å². The zero-order valence-electron chi connectivity index (χ0n) is 14.9. The van der Waals surface area contributed by atoms with E-state index in [0.717, 1.165) is 12.8 Å². The van der Waals surface area contributed by atoms with Gasteiger partial charge in [0.05, 0.1) is 23.8 Å². The van der Waals surface area contributed by atoms with Crippen LogP contribution in [0.2, 0.25) is 0 Å². The summed E-state index contributed by atoms with van der Waals surface area (Å²) in [6.07, 6.45) is 5.11. The van der Waals surface area contributed by atoms with Gasteiger partial charge in [-0.05, 0) is 38.2 Å². The standard InChI is InChI=1S/C18H22N4O3S/c1-3-25-17(24)13-7-6-10-22(11-13)16(23)14-8-4-5-9-15(14)21-18(26-2)20-12-19/h4-5,8-9,13H,3,6-7,10-11H2,1-2H3,(H,20,21). The van der Waals surface area contributed by atoms with Gasteiger partial charge in [-0.2, -0.15) is 5.26 Å². The maximum Gasteiger partial charge on any atom is 0.310 e. The molecule has 26 heavy (non-hydrogen) atoms. The highest BCUT2D eigenvalue weighted by Gasteiger charge is 2.30. The van der Waals surface area contributed by atoms with Crippen LogP contribution in [0, 0.1) is 17.4 Å². The van der Waals surface area contributed by atoms with Gasteiger partial charge in [0, 0.05) is 13.1 Å². The lowest BCUT2D eigenvalue weighted by molar-refractivity contribution is -0.149. The van der Waals surface area contributed by atoms with Crippen molar-refractivity contribution in [3.63, 3.8) is 0 Å². The van der Waals surface area contributed by atoms with Gasteiger partial charge >= 0.3 is 5.97 Å². The number of carbonyl (C=O) groups excluding carboxylic acids is 2. The van der Waals surface area contributed by atoms with Crippen LogP contribution in [0.15, 0.2) is 29.3 Å². The highest BCUT2D eigenvalue weighted by Crippen LogP contribution is 2.25. The number of para-hydroxylation sites is 1. The van der Waals surface area contributed by atoms with E-state index < -0.39 is 0 Å². The molecule has 1 aliphatic rings. The molecule has 1 unspecified atom stereocenters. The largest absolute Gasteiger partial charge is 0.466 e. The third kappa shape index (κ3) is 4.99. The number of amidine groups is 1. The summed E-state index contributed by atoms with van der Waals surface area (Å²) in [6, 6.07) is 7.00. The third-order valence-electron chi connectivity index (χ3n) is 4.04. The van der Waals surface area contributed by atoms with E-state index in [-0.39, 0.29) is 17.8 Å². The summed E-state index contributed by atoms with van der Waals surface area (Å²) in [5.74, 6) is -0.708. The Morgan fingerprint density at radius 2 is 2.23 bits per heavy atom. The number of benzene rings is 1. The summed E-state index contributed by atoms with van der Waals surface area (Å²) in [4.78, 5) is 31.0. The molecule has 7 nitrogen and oxygen atoms in total. The van der Waals surface area contributed by atoms with E-state index in [1.54, 1.807) is 42.3 Å². The summed E-state index contributed by atoms with van der Waals surface area (Å²) < 4.78 is 5.09. The van der Waals surface area contributed by atoms with Crippen molar-refractivity contribution in [3.8, 4) is 6.19 Å². The molecule has 0 radical (unpaired) electrons. The highest BCUT2D eigenvalue weighted by atomic mass is 32.2. The predicted octanol–water partition coefficient (Wildman–Crippen LogP) is 2.52. The van der Waals surface area contributed by atoms with Crippen molar-refractivity contribution in [1.29, 1.82) is 5.26 Å². The van der Waals surface area contributed by atoms with Crippen LogP contribution in [0.4, 0.5) is 5.69 Å². The second-order valence-corrected chi connectivity index (χ2v) is 6.51. The van der Waals surface area contributed by atoms with Crippen molar-refractivity contribution in [2.45, 2.75) is 19.8 Å². The lowest BCUT2D eigenvalue weighted by atomic mass is 9.97. The molecule has 1 amide bonds. The van der Waals surface area contributed by atoms with Gasteiger partial charge in [-0.15, -0.1) is 0 Å². The molecule has 2 rings (SSSR count). The molecule has 0 aliphatic carbocycles. The number of carbonyl (C=O) groups is 2. The molecule has 1 atom stereocenters. The number of thioether (sulfide) groups is 1. The number of piperidine rings is 1. The van der Waals surface area contributed by atoms with Gasteiger partial charge in [-0.3, -0.25) is 14.9 Å². The van der Waals surface area contributed by atoms with E-state index in [0.29, 0.717) is 36.1 Å². The second kappa shape index (κ2) is 9.82. The number of amides is 1. The van der Waals surface area contributed by atoms with Crippen LogP contribution in [0.5, 0.6) is 0 Å². The fourth-order valence-electron chi connectivity index (χ4n) is 2.82. The molecular formula is C18H22N4O3S. The Morgan fingerprint density at radius 3 is 2.92 bits per heavy atom. The van der Waals surface area contributed by atoms with Crippen molar-refractivity contribution >= 4 is 34.5 Å². The molecule has 1 fully saturated rings. The second-order valence-electron chi connectivity index (χ2n) is 5.72. The quantitative estimate of drug-likeness (QED) is 0.286. The first kappa shape index (κ1) is 19.8. The number of hydrogen-bond acceptors (Lipinski definition) is 6. The van der Waals surface area contributed by atoms with Crippen molar-refractivity contribution in [2.24, 2.45) is 10.9 Å². The maximum absolute atomic E-state index is 13.0. The van der Waals surface area contributed by atoms with Gasteiger partial charge in [0.15, 0.2) is 11.4 Å². The molecule has 8 heteroatoms. The minimum Gasteiger partial charge on any atom is -0.466 e. The van der Waals surface area contributed by atoms with Gasteiger partial charge < -0.3 is 9.64 Å². The number of nitrogens with zero attached hydrogens (tertiary/aromatic N) is 3. The van der Waals surface area contributed by atoms with Gasteiger partial charge in [0.25, 0.3) is 5.91 Å². The first-order valence-electron chi connectivity index (χ1n) is 8.43. The molecule has 0 spiro atoms. The molecule has 1 saturated heterocycles. The first-order valence-corrected chi connectivity index (χ1v) is 9.65. The minimum atomic E-state index is -0.287. The fourth-order valence-corrected chi connectivity index (χ4v) is 3.16. The van der Waals surface area contributed by atoms with Crippen LogP contribution in [0.1, 0.15) is 30.1 Å². The summed E-state index contributed by atoms with van der Waals surface area (Å²) in [5, 5.41) is 11.7. The van der Waals surface area contributed by atoms with E-state index in [1.165, 1.54) is 11.8 Å². The van der Waals surface area contributed by atoms with E-state index in [9.17, 15) is 9.59 Å². The molecule has 0 aromatic heterocycles. The van der Waals surface area contributed by atoms with Gasteiger partial charge in [-0.25, -0.2) is 4.99 Å².